The molecule has 1 aromatic rings. The Morgan fingerprint density at radius 1 is 1.31 bits per heavy atom. The Balaban J connectivity index is 2.04. The zero-order valence-electron chi connectivity index (χ0n) is 9.26. The number of aliphatic hydroxyl groups excluding tert-OH is 1. The fourth-order valence-corrected chi connectivity index (χ4v) is 2.07. The lowest BCUT2D eigenvalue weighted by atomic mass is 10.1. The molecule has 0 saturated carbocycles. The van der Waals surface area contributed by atoms with Crippen LogP contribution < -0.4 is 5.73 Å². The third kappa shape index (κ3) is 2.46. The molecule has 4 N–H and O–H groups in total. The third-order valence-corrected chi connectivity index (χ3v) is 3.13. The predicted molar refractivity (Wildman–Crippen MR) is 63.0 cm³/mol. The first-order valence-corrected chi connectivity index (χ1v) is 5.63. The minimum absolute atomic E-state index is 0.169. The molecule has 1 aliphatic heterocycles. The van der Waals surface area contributed by atoms with E-state index in [1.165, 1.54) is 0 Å². The molecule has 0 aromatic heterocycles. The van der Waals surface area contributed by atoms with Crippen molar-refractivity contribution < 1.29 is 10.2 Å². The largest absolute Gasteiger partial charge is 0.508 e. The second-order valence-electron chi connectivity index (χ2n) is 4.35. The summed E-state index contributed by atoms with van der Waals surface area (Å²) in [6.07, 6.45) is 1.43. The summed E-state index contributed by atoms with van der Waals surface area (Å²) in [7, 11) is 0. The summed E-state index contributed by atoms with van der Waals surface area (Å²) in [4.78, 5) is 2.21. The first-order chi connectivity index (χ1) is 7.66. The highest BCUT2D eigenvalue weighted by Gasteiger charge is 2.18. The smallest absolute Gasteiger partial charge is 0.122 e. The molecule has 1 saturated heterocycles. The van der Waals surface area contributed by atoms with Crippen molar-refractivity contribution in [3.63, 3.8) is 0 Å². The molecule has 2 rings (SSSR count). The van der Waals surface area contributed by atoms with Gasteiger partial charge >= 0.3 is 0 Å². The van der Waals surface area contributed by atoms with Gasteiger partial charge in [-0.05, 0) is 25.0 Å². The van der Waals surface area contributed by atoms with Crippen LogP contribution in [0.2, 0.25) is 0 Å². The van der Waals surface area contributed by atoms with Gasteiger partial charge < -0.3 is 15.9 Å². The minimum Gasteiger partial charge on any atom is -0.508 e. The van der Waals surface area contributed by atoms with Crippen LogP contribution in [0.25, 0.3) is 0 Å². The highest BCUT2D eigenvalue weighted by molar-refractivity contribution is 5.53. The topological polar surface area (TPSA) is 69.7 Å². The highest BCUT2D eigenvalue weighted by Crippen LogP contribution is 2.25. The second-order valence-corrected chi connectivity index (χ2v) is 4.35. The number of nitrogen functional groups attached to an aromatic ring is 1. The first kappa shape index (κ1) is 11.2. The fraction of sp³-hybridized carbons (Fsp3) is 0.500. The van der Waals surface area contributed by atoms with Crippen LogP contribution in [-0.4, -0.2) is 34.3 Å². The molecule has 0 radical (unpaired) electrons. The molecule has 1 fully saturated rings. The van der Waals surface area contributed by atoms with Gasteiger partial charge in [0.25, 0.3) is 0 Å². The standard InChI is InChI=1S/C12H18N2O2/c13-11-2-1-3-12(16)10(11)8-14-6-4-9(15)5-7-14/h1-3,9,15-16H,4-8,13H2. The lowest BCUT2D eigenvalue weighted by Crippen LogP contribution is -2.35. The van der Waals surface area contributed by atoms with Crippen LogP contribution in [-0.2, 0) is 6.54 Å². The summed E-state index contributed by atoms with van der Waals surface area (Å²) in [5.41, 5.74) is 7.25. The average Bonchev–Trinajstić information content (AvgIpc) is 2.26. The van der Waals surface area contributed by atoms with Gasteiger partial charge in [0.15, 0.2) is 0 Å². The van der Waals surface area contributed by atoms with Crippen molar-refractivity contribution in [3.05, 3.63) is 23.8 Å². The molecule has 88 valence electrons. The molecule has 1 heterocycles. The molecule has 0 amide bonds. The van der Waals surface area contributed by atoms with E-state index in [4.69, 9.17) is 5.73 Å². The lowest BCUT2D eigenvalue weighted by Gasteiger charge is -2.29. The Morgan fingerprint density at radius 3 is 2.62 bits per heavy atom. The Bertz CT molecular complexity index is 340. The van der Waals surface area contributed by atoms with Gasteiger partial charge in [-0.3, -0.25) is 4.90 Å². The molecule has 4 nitrogen and oxygen atoms in total. The van der Waals surface area contributed by atoms with Gasteiger partial charge in [0.2, 0.25) is 0 Å². The van der Waals surface area contributed by atoms with Crippen molar-refractivity contribution in [2.24, 2.45) is 0 Å². The van der Waals surface area contributed by atoms with Crippen LogP contribution in [0.1, 0.15) is 18.4 Å². The van der Waals surface area contributed by atoms with Crippen molar-refractivity contribution in [1.29, 1.82) is 0 Å². The molecule has 1 aliphatic rings. The van der Waals surface area contributed by atoms with Crippen LogP contribution in [0.5, 0.6) is 5.75 Å². The van der Waals surface area contributed by atoms with E-state index in [0.29, 0.717) is 12.2 Å². The minimum atomic E-state index is -0.169. The number of benzene rings is 1. The highest BCUT2D eigenvalue weighted by atomic mass is 16.3. The van der Waals surface area contributed by atoms with Crippen LogP contribution in [0.3, 0.4) is 0 Å². The van der Waals surface area contributed by atoms with Gasteiger partial charge in [0.05, 0.1) is 6.10 Å². The van der Waals surface area contributed by atoms with E-state index >= 15 is 0 Å². The number of likely N-dealkylation sites (tertiary alicyclic amines) is 1. The van der Waals surface area contributed by atoms with Crippen molar-refractivity contribution in [3.8, 4) is 5.75 Å². The number of rotatable bonds is 2. The van der Waals surface area contributed by atoms with E-state index in [1.54, 1.807) is 18.2 Å². The van der Waals surface area contributed by atoms with Gasteiger partial charge in [-0.15, -0.1) is 0 Å². The molecule has 0 atom stereocenters. The number of phenolic OH excluding ortho intramolecular Hbond substituents is 1. The van der Waals surface area contributed by atoms with Crippen LogP contribution >= 0.6 is 0 Å². The van der Waals surface area contributed by atoms with Crippen molar-refractivity contribution in [2.45, 2.75) is 25.5 Å². The SMILES string of the molecule is Nc1cccc(O)c1CN1CCC(O)CC1. The molecule has 0 spiro atoms. The van der Waals surface area contributed by atoms with Gasteiger partial charge in [0, 0.05) is 30.9 Å². The summed E-state index contributed by atoms with van der Waals surface area (Å²) in [6.45, 7) is 2.37. The molecular weight excluding hydrogens is 204 g/mol. The molecule has 0 bridgehead atoms. The number of phenols is 1. The molecule has 16 heavy (non-hydrogen) atoms. The molecule has 4 heteroatoms. The van der Waals surface area contributed by atoms with E-state index in [0.717, 1.165) is 31.5 Å². The van der Waals surface area contributed by atoms with Crippen LogP contribution in [0, 0.1) is 0 Å². The van der Waals surface area contributed by atoms with Gasteiger partial charge in [-0.25, -0.2) is 0 Å². The Morgan fingerprint density at radius 2 is 2.00 bits per heavy atom. The zero-order chi connectivity index (χ0) is 11.5. The van der Waals surface area contributed by atoms with Gasteiger partial charge in [-0.1, -0.05) is 6.07 Å². The quantitative estimate of drug-likeness (QED) is 0.651. The number of piperidine rings is 1. The monoisotopic (exact) mass is 222 g/mol. The molecule has 0 unspecified atom stereocenters. The maximum atomic E-state index is 9.72. The lowest BCUT2D eigenvalue weighted by molar-refractivity contribution is 0.0790. The number of hydrogen-bond donors (Lipinski definition) is 3. The fourth-order valence-electron chi connectivity index (χ4n) is 2.07. The normalized spacial score (nSPS) is 18.8. The summed E-state index contributed by atoms with van der Waals surface area (Å²) >= 11 is 0. The first-order valence-electron chi connectivity index (χ1n) is 5.63. The second kappa shape index (κ2) is 4.72. The Hall–Kier alpha value is -1.26. The van der Waals surface area contributed by atoms with Gasteiger partial charge in [-0.2, -0.15) is 0 Å². The summed E-state index contributed by atoms with van der Waals surface area (Å²) in [5.74, 6) is 0.256. The number of aliphatic hydroxyl groups is 1. The predicted octanol–water partition coefficient (Wildman–Crippen LogP) is 0.931. The van der Waals surface area contributed by atoms with E-state index in [-0.39, 0.29) is 11.9 Å². The van der Waals surface area contributed by atoms with E-state index in [2.05, 4.69) is 4.90 Å². The van der Waals surface area contributed by atoms with E-state index < -0.39 is 0 Å². The van der Waals surface area contributed by atoms with E-state index in [1.807, 2.05) is 0 Å². The number of anilines is 1. The number of nitrogens with zero attached hydrogens (tertiary/aromatic N) is 1. The summed E-state index contributed by atoms with van der Waals surface area (Å²) in [5, 5.41) is 19.1. The number of hydrogen-bond acceptors (Lipinski definition) is 4. The summed E-state index contributed by atoms with van der Waals surface area (Å²) < 4.78 is 0. The van der Waals surface area contributed by atoms with Crippen LogP contribution in [0.15, 0.2) is 18.2 Å². The van der Waals surface area contributed by atoms with Crippen molar-refractivity contribution >= 4 is 5.69 Å². The van der Waals surface area contributed by atoms with Crippen LogP contribution in [0.4, 0.5) is 5.69 Å². The molecule has 1 aromatic carbocycles. The number of aromatic hydroxyl groups is 1. The van der Waals surface area contributed by atoms with E-state index in [9.17, 15) is 10.2 Å². The average molecular weight is 222 g/mol. The molecule has 0 aliphatic carbocycles. The van der Waals surface area contributed by atoms with Gasteiger partial charge in [0.1, 0.15) is 5.75 Å². The Labute approximate surface area is 95.3 Å². The Kier molecular flexibility index (Phi) is 3.31. The maximum absolute atomic E-state index is 9.72. The number of nitrogens with two attached hydrogens (primary N) is 1. The summed E-state index contributed by atoms with van der Waals surface area (Å²) in [6, 6.07) is 5.20. The third-order valence-electron chi connectivity index (χ3n) is 3.13. The van der Waals surface area contributed by atoms with Crippen molar-refractivity contribution in [2.75, 3.05) is 18.8 Å². The maximum Gasteiger partial charge on any atom is 0.122 e. The van der Waals surface area contributed by atoms with Crippen molar-refractivity contribution in [1.82, 2.24) is 4.90 Å². The zero-order valence-corrected chi connectivity index (χ0v) is 9.26. The molecular formula is C12H18N2O2.